The predicted molar refractivity (Wildman–Crippen MR) is 65.3 cm³/mol. The van der Waals surface area contributed by atoms with Gasteiger partial charge in [0.15, 0.2) is 0 Å². The number of hydrogen-bond acceptors (Lipinski definition) is 3. The average molecular weight is 236 g/mol. The Labute approximate surface area is 100 Å². The topological polar surface area (TPSA) is 69.6 Å². The summed E-state index contributed by atoms with van der Waals surface area (Å²) in [5.74, 6) is -1.44. The Balaban J connectivity index is 2.73. The van der Waals surface area contributed by atoms with Crippen molar-refractivity contribution in [2.24, 2.45) is 0 Å². The van der Waals surface area contributed by atoms with Gasteiger partial charge in [0.05, 0.1) is 0 Å². The number of rotatable bonds is 4. The van der Waals surface area contributed by atoms with Crippen LogP contribution in [-0.2, 0) is 4.79 Å². The van der Waals surface area contributed by atoms with E-state index in [1.54, 1.807) is 24.3 Å². The fourth-order valence-electron chi connectivity index (χ4n) is 1.25. The summed E-state index contributed by atoms with van der Waals surface area (Å²) >= 11 is 0. The number of benzene rings is 1. The van der Waals surface area contributed by atoms with E-state index < -0.39 is 12.0 Å². The third kappa shape index (κ3) is 3.48. The van der Waals surface area contributed by atoms with Crippen molar-refractivity contribution in [1.29, 1.82) is 0 Å². The lowest BCUT2D eigenvalue weighted by molar-refractivity contribution is -0.138. The van der Waals surface area contributed by atoms with Crippen molar-refractivity contribution in [3.05, 3.63) is 29.8 Å². The standard InChI is InChI=1S/C12H16N2O3/c1-8(12(16)17)13-11(15)9-4-6-10(7-5-9)14(2)3/h4-8H,1-3H3,(H,13,15)(H,16,17). The van der Waals surface area contributed by atoms with Gasteiger partial charge < -0.3 is 15.3 Å². The number of anilines is 1. The predicted octanol–water partition coefficient (Wildman–Crippen LogP) is 0.956. The molecule has 0 spiro atoms. The highest BCUT2D eigenvalue weighted by molar-refractivity contribution is 5.96. The summed E-state index contributed by atoms with van der Waals surface area (Å²) in [5, 5.41) is 11.1. The first kappa shape index (κ1) is 13.0. The molecule has 0 aromatic heterocycles. The highest BCUT2D eigenvalue weighted by Gasteiger charge is 2.14. The van der Waals surface area contributed by atoms with Crippen LogP contribution in [0.25, 0.3) is 0 Å². The van der Waals surface area contributed by atoms with Gasteiger partial charge >= 0.3 is 5.97 Å². The van der Waals surface area contributed by atoms with Gasteiger partial charge in [0.25, 0.3) is 5.91 Å². The van der Waals surface area contributed by atoms with E-state index in [9.17, 15) is 9.59 Å². The van der Waals surface area contributed by atoms with Crippen molar-refractivity contribution in [3.63, 3.8) is 0 Å². The van der Waals surface area contributed by atoms with Crippen molar-refractivity contribution >= 4 is 17.6 Å². The second kappa shape index (κ2) is 5.34. The zero-order valence-electron chi connectivity index (χ0n) is 10.1. The van der Waals surface area contributed by atoms with Crippen LogP contribution in [0.15, 0.2) is 24.3 Å². The largest absolute Gasteiger partial charge is 0.480 e. The molecule has 0 fully saturated rings. The molecule has 5 nitrogen and oxygen atoms in total. The van der Waals surface area contributed by atoms with Gasteiger partial charge in [-0.1, -0.05) is 0 Å². The van der Waals surface area contributed by atoms with Crippen molar-refractivity contribution in [3.8, 4) is 0 Å². The van der Waals surface area contributed by atoms with E-state index in [1.165, 1.54) is 6.92 Å². The van der Waals surface area contributed by atoms with Gasteiger partial charge in [-0.25, -0.2) is 0 Å². The van der Waals surface area contributed by atoms with Crippen LogP contribution in [0.1, 0.15) is 17.3 Å². The van der Waals surface area contributed by atoms with Crippen molar-refractivity contribution in [2.45, 2.75) is 13.0 Å². The van der Waals surface area contributed by atoms with Crippen LogP contribution in [0.4, 0.5) is 5.69 Å². The Hall–Kier alpha value is -2.04. The summed E-state index contributed by atoms with van der Waals surface area (Å²) in [6.07, 6.45) is 0. The molecule has 0 radical (unpaired) electrons. The van der Waals surface area contributed by atoms with Crippen LogP contribution in [0, 0.1) is 0 Å². The Kier molecular flexibility index (Phi) is 4.09. The second-order valence-corrected chi connectivity index (χ2v) is 3.97. The molecule has 2 N–H and O–H groups in total. The summed E-state index contributed by atoms with van der Waals surface area (Å²) in [6, 6.07) is 6.05. The molecule has 92 valence electrons. The number of carboxylic acids is 1. The zero-order valence-corrected chi connectivity index (χ0v) is 10.1. The molecule has 1 amide bonds. The SMILES string of the molecule is CC(NC(=O)c1ccc(N(C)C)cc1)C(=O)O. The lowest BCUT2D eigenvalue weighted by Crippen LogP contribution is -2.38. The smallest absolute Gasteiger partial charge is 0.325 e. The maximum atomic E-state index is 11.7. The van der Waals surface area contributed by atoms with Crippen LogP contribution in [0.5, 0.6) is 0 Å². The number of aliphatic carboxylic acids is 1. The fourth-order valence-corrected chi connectivity index (χ4v) is 1.25. The van der Waals surface area contributed by atoms with E-state index in [1.807, 2.05) is 19.0 Å². The van der Waals surface area contributed by atoms with Gasteiger partial charge in [-0.2, -0.15) is 0 Å². The Morgan fingerprint density at radius 2 is 1.76 bits per heavy atom. The van der Waals surface area contributed by atoms with Crippen molar-refractivity contribution in [2.75, 3.05) is 19.0 Å². The quantitative estimate of drug-likeness (QED) is 0.816. The highest BCUT2D eigenvalue weighted by atomic mass is 16.4. The molecule has 0 saturated carbocycles. The second-order valence-electron chi connectivity index (χ2n) is 3.97. The lowest BCUT2D eigenvalue weighted by atomic mass is 10.1. The number of amides is 1. The summed E-state index contributed by atoms with van der Waals surface area (Å²) in [6.45, 7) is 1.43. The first-order chi connectivity index (χ1) is 7.91. The van der Waals surface area contributed by atoms with Gasteiger partial charge in [0.2, 0.25) is 0 Å². The van der Waals surface area contributed by atoms with Crippen molar-refractivity contribution in [1.82, 2.24) is 5.32 Å². The van der Waals surface area contributed by atoms with Crippen LogP contribution in [0.3, 0.4) is 0 Å². The molecular formula is C12H16N2O3. The first-order valence-electron chi connectivity index (χ1n) is 5.23. The molecule has 0 aliphatic heterocycles. The number of carbonyl (C=O) groups excluding carboxylic acids is 1. The Morgan fingerprint density at radius 3 is 2.18 bits per heavy atom. The summed E-state index contributed by atoms with van der Waals surface area (Å²) in [7, 11) is 3.81. The molecule has 0 saturated heterocycles. The third-order valence-electron chi connectivity index (χ3n) is 2.36. The monoisotopic (exact) mass is 236 g/mol. The number of carbonyl (C=O) groups is 2. The summed E-state index contributed by atoms with van der Waals surface area (Å²) < 4.78 is 0. The minimum absolute atomic E-state index is 0.384. The van der Waals surface area contributed by atoms with E-state index in [2.05, 4.69) is 5.32 Å². The fraction of sp³-hybridized carbons (Fsp3) is 0.333. The van der Waals surface area contributed by atoms with Crippen LogP contribution in [-0.4, -0.2) is 37.1 Å². The summed E-state index contributed by atoms with van der Waals surface area (Å²) in [4.78, 5) is 24.2. The van der Waals surface area contributed by atoms with E-state index >= 15 is 0 Å². The Morgan fingerprint density at radius 1 is 1.24 bits per heavy atom. The van der Waals surface area contributed by atoms with Crippen LogP contribution >= 0.6 is 0 Å². The molecule has 1 aromatic rings. The first-order valence-corrected chi connectivity index (χ1v) is 5.23. The maximum Gasteiger partial charge on any atom is 0.325 e. The molecule has 1 aromatic carbocycles. The van der Waals surface area contributed by atoms with E-state index in [0.717, 1.165) is 5.69 Å². The number of carboxylic acid groups (broad SMARTS) is 1. The molecule has 0 bridgehead atoms. The lowest BCUT2D eigenvalue weighted by Gasteiger charge is -2.13. The molecule has 0 heterocycles. The van der Waals surface area contributed by atoms with Crippen LogP contribution < -0.4 is 10.2 Å². The number of hydrogen-bond donors (Lipinski definition) is 2. The molecule has 17 heavy (non-hydrogen) atoms. The van der Waals surface area contributed by atoms with Gasteiger partial charge in [-0.15, -0.1) is 0 Å². The van der Waals surface area contributed by atoms with E-state index in [4.69, 9.17) is 5.11 Å². The van der Waals surface area contributed by atoms with Gasteiger partial charge in [0.1, 0.15) is 6.04 Å². The normalized spacial score (nSPS) is 11.7. The number of nitrogens with one attached hydrogen (secondary N) is 1. The van der Waals surface area contributed by atoms with Gasteiger partial charge in [-0.05, 0) is 31.2 Å². The Bertz CT molecular complexity index is 412. The molecular weight excluding hydrogens is 220 g/mol. The molecule has 1 rings (SSSR count). The van der Waals surface area contributed by atoms with E-state index in [-0.39, 0.29) is 5.91 Å². The highest BCUT2D eigenvalue weighted by Crippen LogP contribution is 2.12. The van der Waals surface area contributed by atoms with Gasteiger partial charge in [0, 0.05) is 25.3 Å². The number of nitrogens with zero attached hydrogens (tertiary/aromatic N) is 1. The molecule has 5 heteroatoms. The molecule has 0 aliphatic carbocycles. The average Bonchev–Trinajstić information content (AvgIpc) is 2.28. The minimum atomic E-state index is -1.05. The van der Waals surface area contributed by atoms with Gasteiger partial charge in [-0.3, -0.25) is 9.59 Å². The molecule has 0 aliphatic rings. The maximum absolute atomic E-state index is 11.7. The molecule has 1 atom stereocenters. The van der Waals surface area contributed by atoms with Crippen LogP contribution in [0.2, 0.25) is 0 Å². The van der Waals surface area contributed by atoms with Crippen molar-refractivity contribution < 1.29 is 14.7 Å². The van der Waals surface area contributed by atoms with E-state index in [0.29, 0.717) is 5.56 Å². The molecule has 1 unspecified atom stereocenters. The minimum Gasteiger partial charge on any atom is -0.480 e. The zero-order chi connectivity index (χ0) is 13.0. The third-order valence-corrected chi connectivity index (χ3v) is 2.36. The summed E-state index contributed by atoms with van der Waals surface area (Å²) in [5.41, 5.74) is 1.43.